The predicted octanol–water partition coefficient (Wildman–Crippen LogP) is 0.867. The highest BCUT2D eigenvalue weighted by Crippen LogP contribution is 2.24. The summed E-state index contributed by atoms with van der Waals surface area (Å²) in [6.45, 7) is 0. The molecule has 0 bridgehead atoms. The van der Waals surface area contributed by atoms with Crippen molar-refractivity contribution in [1.29, 1.82) is 0 Å². The van der Waals surface area contributed by atoms with Crippen molar-refractivity contribution in [3.63, 3.8) is 0 Å². The molecule has 0 unspecified atom stereocenters. The average Bonchev–Trinajstić information content (AvgIpc) is 2.64. The van der Waals surface area contributed by atoms with E-state index in [1.54, 1.807) is 0 Å². The van der Waals surface area contributed by atoms with E-state index in [1.807, 2.05) is 16.0 Å². The van der Waals surface area contributed by atoms with Gasteiger partial charge in [0.05, 0.1) is 22.9 Å². The summed E-state index contributed by atoms with van der Waals surface area (Å²) in [5.41, 5.74) is 1.80. The first-order valence-electron chi connectivity index (χ1n) is 4.29. The van der Waals surface area contributed by atoms with Crippen LogP contribution in [0.15, 0.2) is 11.6 Å². The third-order valence-electron chi connectivity index (χ3n) is 2.45. The molecular weight excluding hydrogens is 220 g/mol. The van der Waals surface area contributed by atoms with E-state index in [0.717, 1.165) is 16.3 Å². The van der Waals surface area contributed by atoms with Crippen molar-refractivity contribution < 1.29 is 8.42 Å². The fourth-order valence-electron chi connectivity index (χ4n) is 1.76. The lowest BCUT2D eigenvalue weighted by Gasteiger charge is -2.10. The zero-order valence-electron chi connectivity index (χ0n) is 7.30. The number of hydrogen-bond donors (Lipinski definition) is 0. The van der Waals surface area contributed by atoms with Crippen molar-refractivity contribution in [1.82, 2.24) is 9.38 Å². The van der Waals surface area contributed by atoms with Crippen LogP contribution in [0, 0.1) is 0 Å². The van der Waals surface area contributed by atoms with Crippen LogP contribution in [0.4, 0.5) is 0 Å². The molecule has 0 atom stereocenters. The van der Waals surface area contributed by atoms with E-state index in [1.165, 1.54) is 11.3 Å². The minimum atomic E-state index is -2.89. The minimum Gasteiger partial charge on any atom is -0.293 e. The van der Waals surface area contributed by atoms with Crippen LogP contribution < -0.4 is 0 Å². The van der Waals surface area contributed by atoms with Crippen molar-refractivity contribution in [3.8, 4) is 0 Å². The Morgan fingerprint density at radius 3 is 3.21 bits per heavy atom. The number of rotatable bonds is 0. The Kier molecular flexibility index (Phi) is 1.55. The molecule has 4 nitrogen and oxygen atoms in total. The van der Waals surface area contributed by atoms with Crippen LogP contribution in [0.3, 0.4) is 0 Å². The van der Waals surface area contributed by atoms with Crippen LogP contribution in [0.25, 0.3) is 4.96 Å². The van der Waals surface area contributed by atoms with Crippen LogP contribution in [-0.4, -0.2) is 23.6 Å². The fourth-order valence-corrected chi connectivity index (χ4v) is 3.89. The molecule has 0 aliphatic carbocycles. The van der Waals surface area contributed by atoms with E-state index in [4.69, 9.17) is 0 Å². The summed E-state index contributed by atoms with van der Waals surface area (Å²) in [6, 6.07) is 0. The molecular formula is C8H8N2O2S2. The molecule has 0 fully saturated rings. The highest BCUT2D eigenvalue weighted by atomic mass is 32.2. The second-order valence-corrected chi connectivity index (χ2v) is 6.46. The summed E-state index contributed by atoms with van der Waals surface area (Å²) in [4.78, 5) is 5.29. The lowest BCUT2D eigenvalue weighted by molar-refractivity contribution is 0.590. The molecule has 0 radical (unpaired) electrons. The molecule has 0 spiro atoms. The van der Waals surface area contributed by atoms with Crippen molar-refractivity contribution in [2.24, 2.45) is 0 Å². The molecule has 0 aromatic carbocycles. The Morgan fingerprint density at radius 2 is 2.36 bits per heavy atom. The third kappa shape index (κ3) is 1.10. The molecule has 0 saturated heterocycles. The highest BCUT2D eigenvalue weighted by Gasteiger charge is 2.25. The summed E-state index contributed by atoms with van der Waals surface area (Å²) in [7, 11) is -2.89. The number of sulfone groups is 1. The maximum absolute atomic E-state index is 11.4. The molecule has 3 rings (SSSR count). The molecule has 0 N–H and O–H groups in total. The van der Waals surface area contributed by atoms with Crippen molar-refractivity contribution >= 4 is 26.1 Å². The van der Waals surface area contributed by atoms with E-state index < -0.39 is 9.84 Å². The van der Waals surface area contributed by atoms with Gasteiger partial charge in [-0.3, -0.25) is 4.40 Å². The van der Waals surface area contributed by atoms with E-state index in [-0.39, 0.29) is 11.5 Å². The Hall–Kier alpha value is -0.880. The molecule has 14 heavy (non-hydrogen) atoms. The molecule has 2 aromatic heterocycles. The monoisotopic (exact) mass is 228 g/mol. The van der Waals surface area contributed by atoms with E-state index in [0.29, 0.717) is 6.42 Å². The van der Waals surface area contributed by atoms with Gasteiger partial charge in [0.2, 0.25) is 0 Å². The molecule has 74 valence electrons. The van der Waals surface area contributed by atoms with Crippen molar-refractivity contribution in [2.75, 3.05) is 5.75 Å². The lowest BCUT2D eigenvalue weighted by Crippen LogP contribution is -2.19. The molecule has 2 aromatic rings. The zero-order chi connectivity index (χ0) is 9.76. The van der Waals surface area contributed by atoms with Gasteiger partial charge in [-0.05, 0) is 0 Å². The summed E-state index contributed by atoms with van der Waals surface area (Å²) < 4.78 is 24.8. The lowest BCUT2D eigenvalue weighted by atomic mass is 10.3. The van der Waals surface area contributed by atoms with Gasteiger partial charge in [-0.2, -0.15) is 0 Å². The second-order valence-electron chi connectivity index (χ2n) is 3.40. The zero-order valence-corrected chi connectivity index (χ0v) is 8.94. The Morgan fingerprint density at radius 1 is 1.50 bits per heavy atom. The first kappa shape index (κ1) is 8.43. The molecule has 1 aliphatic heterocycles. The number of hydrogen-bond acceptors (Lipinski definition) is 4. The Balaban J connectivity index is 2.30. The van der Waals surface area contributed by atoms with Crippen LogP contribution in [0.5, 0.6) is 0 Å². The number of nitrogens with zero attached hydrogens (tertiary/aromatic N) is 2. The highest BCUT2D eigenvalue weighted by molar-refractivity contribution is 7.90. The quantitative estimate of drug-likeness (QED) is 0.672. The van der Waals surface area contributed by atoms with Gasteiger partial charge in [-0.1, -0.05) is 0 Å². The van der Waals surface area contributed by atoms with Gasteiger partial charge in [-0.15, -0.1) is 11.3 Å². The summed E-state index contributed by atoms with van der Waals surface area (Å²) in [5.74, 6) is 0.380. The Bertz CT molecular complexity index is 594. The van der Waals surface area contributed by atoms with Gasteiger partial charge in [-0.25, -0.2) is 13.4 Å². The summed E-state index contributed by atoms with van der Waals surface area (Å²) in [6.07, 6.45) is 2.44. The van der Waals surface area contributed by atoms with Crippen LogP contribution in [0.2, 0.25) is 0 Å². The molecule has 3 heterocycles. The second kappa shape index (κ2) is 2.58. The SMILES string of the molecule is O=S1(=O)CCc2nc3sccn3c2C1. The van der Waals surface area contributed by atoms with Gasteiger partial charge in [0.1, 0.15) is 0 Å². The predicted molar refractivity (Wildman–Crippen MR) is 54.3 cm³/mol. The fraction of sp³-hybridized carbons (Fsp3) is 0.375. The van der Waals surface area contributed by atoms with Crippen molar-refractivity contribution in [3.05, 3.63) is 23.0 Å². The number of thiazole rings is 1. The van der Waals surface area contributed by atoms with Crippen molar-refractivity contribution in [2.45, 2.75) is 12.2 Å². The van der Waals surface area contributed by atoms with Gasteiger partial charge in [0, 0.05) is 18.0 Å². The van der Waals surface area contributed by atoms with Crippen LogP contribution in [-0.2, 0) is 22.0 Å². The maximum Gasteiger partial charge on any atom is 0.194 e. The van der Waals surface area contributed by atoms with E-state index >= 15 is 0 Å². The molecule has 6 heteroatoms. The number of imidazole rings is 1. The molecule has 1 aliphatic rings. The van der Waals surface area contributed by atoms with Gasteiger partial charge in [0.25, 0.3) is 0 Å². The maximum atomic E-state index is 11.4. The van der Waals surface area contributed by atoms with E-state index in [9.17, 15) is 8.42 Å². The van der Waals surface area contributed by atoms with Crippen LogP contribution in [0.1, 0.15) is 11.4 Å². The van der Waals surface area contributed by atoms with Gasteiger partial charge >= 0.3 is 0 Å². The average molecular weight is 228 g/mol. The van der Waals surface area contributed by atoms with Gasteiger partial charge in [0.15, 0.2) is 14.8 Å². The number of aryl methyl sites for hydroxylation is 1. The normalized spacial score (nSPS) is 19.7. The largest absolute Gasteiger partial charge is 0.293 e. The van der Waals surface area contributed by atoms with Gasteiger partial charge < -0.3 is 0 Å². The minimum absolute atomic E-state index is 0.139. The first-order chi connectivity index (χ1) is 6.66. The first-order valence-corrected chi connectivity index (χ1v) is 6.99. The summed E-state index contributed by atoms with van der Waals surface area (Å²) >= 11 is 1.54. The smallest absolute Gasteiger partial charge is 0.194 e. The topological polar surface area (TPSA) is 51.4 Å². The van der Waals surface area contributed by atoms with E-state index in [2.05, 4.69) is 4.98 Å². The molecule has 0 amide bonds. The standard InChI is InChI=1S/C8H8N2O2S2/c11-14(12)4-1-6-7(5-14)10-2-3-13-8(10)9-6/h2-3H,1,4-5H2. The summed E-state index contributed by atoms with van der Waals surface area (Å²) in [5, 5.41) is 1.92. The number of aromatic nitrogens is 2. The molecule has 0 saturated carbocycles. The number of fused-ring (bicyclic) bond motifs is 3. The van der Waals surface area contributed by atoms with Crippen LogP contribution >= 0.6 is 11.3 Å². The Labute approximate surface area is 85.1 Å². The third-order valence-corrected chi connectivity index (χ3v) is 4.75.